The molecule has 0 aliphatic heterocycles. The summed E-state index contributed by atoms with van der Waals surface area (Å²) >= 11 is 0. The summed E-state index contributed by atoms with van der Waals surface area (Å²) in [5.41, 5.74) is 14.6. The van der Waals surface area contributed by atoms with Crippen molar-refractivity contribution in [2.75, 3.05) is 0 Å². The van der Waals surface area contributed by atoms with Gasteiger partial charge in [-0.05, 0) is 169 Å². The molecule has 0 amide bonds. The van der Waals surface area contributed by atoms with E-state index in [0.29, 0.717) is 0 Å². The SMILES string of the molecule is c1ccc(-c2cc(-c3cccc4ccccc34)cc(-c3cc4c5ccccc5c(-c5cc(-c6ccccc6)cc(-c6cccc7ccccc67)c5)cc4c4ccccc34)c2)cc1. The Balaban J connectivity index is 1.12. The van der Waals surface area contributed by atoms with E-state index < -0.39 is 0 Å². The molecule has 0 unspecified atom stereocenters. The maximum atomic E-state index is 2.46. The number of hydrogen-bond donors (Lipinski definition) is 0. The van der Waals surface area contributed by atoms with Gasteiger partial charge in [0.05, 0.1) is 0 Å². The highest BCUT2D eigenvalue weighted by Crippen LogP contribution is 2.45. The fraction of sp³-hybridized carbons (Fsp3) is 0. The summed E-state index contributed by atoms with van der Waals surface area (Å²) in [4.78, 5) is 0. The minimum atomic E-state index is 1.20. The molecule has 0 saturated heterocycles. The molecule has 0 aliphatic carbocycles. The van der Waals surface area contributed by atoms with Crippen LogP contribution in [-0.2, 0) is 0 Å². The quantitative estimate of drug-likeness (QED) is 0.147. The molecule has 12 aromatic rings. The molecule has 12 aromatic carbocycles. The molecule has 12 rings (SSSR count). The average Bonchev–Trinajstić information content (AvgIpc) is 3.35. The summed E-state index contributed by atoms with van der Waals surface area (Å²) in [6.45, 7) is 0. The smallest absolute Gasteiger partial charge is 0.00923 e. The second-order valence-electron chi connectivity index (χ2n) is 16.4. The minimum absolute atomic E-state index is 1.20. The lowest BCUT2D eigenvalue weighted by Gasteiger charge is -2.19. The Kier molecular flexibility index (Phi) is 8.61. The third-order valence-electron chi connectivity index (χ3n) is 12.8. The molecule has 0 saturated carbocycles. The molecular weight excluding hydrogens is 745 g/mol. The first-order valence-electron chi connectivity index (χ1n) is 21.5. The zero-order valence-corrected chi connectivity index (χ0v) is 34.1. The largest absolute Gasteiger partial charge is 0.0622 e. The summed E-state index contributed by atoms with van der Waals surface area (Å²) in [5, 5.41) is 12.5. The van der Waals surface area contributed by atoms with E-state index in [2.05, 4.69) is 243 Å². The van der Waals surface area contributed by atoms with Gasteiger partial charge < -0.3 is 0 Å². The number of rotatable bonds is 6. The van der Waals surface area contributed by atoms with Gasteiger partial charge in [-0.3, -0.25) is 0 Å². The second-order valence-corrected chi connectivity index (χ2v) is 16.4. The molecule has 0 heterocycles. The molecule has 0 aromatic heterocycles. The Bertz CT molecular complexity index is 3420. The highest BCUT2D eigenvalue weighted by Gasteiger charge is 2.18. The Labute approximate surface area is 361 Å². The first kappa shape index (κ1) is 35.8. The van der Waals surface area contributed by atoms with Gasteiger partial charge in [0, 0.05) is 0 Å². The van der Waals surface area contributed by atoms with Crippen LogP contribution in [0.3, 0.4) is 0 Å². The Hall–Kier alpha value is -8.06. The summed E-state index contributed by atoms with van der Waals surface area (Å²) in [5.74, 6) is 0. The molecule has 288 valence electrons. The van der Waals surface area contributed by atoms with E-state index in [-0.39, 0.29) is 0 Å². The van der Waals surface area contributed by atoms with Gasteiger partial charge in [0.1, 0.15) is 0 Å². The fourth-order valence-electron chi connectivity index (χ4n) is 9.85. The number of fused-ring (bicyclic) bond motifs is 7. The molecular formula is C62H40. The maximum Gasteiger partial charge on any atom is -0.00923 e. The van der Waals surface area contributed by atoms with E-state index >= 15 is 0 Å². The van der Waals surface area contributed by atoms with Crippen LogP contribution in [-0.4, -0.2) is 0 Å². The van der Waals surface area contributed by atoms with Crippen LogP contribution in [0.1, 0.15) is 0 Å². The summed E-state index contributed by atoms with van der Waals surface area (Å²) in [7, 11) is 0. The van der Waals surface area contributed by atoms with Gasteiger partial charge in [-0.2, -0.15) is 0 Å². The minimum Gasteiger partial charge on any atom is -0.0622 e. The average molecular weight is 785 g/mol. The lowest BCUT2D eigenvalue weighted by Crippen LogP contribution is -1.92. The molecule has 0 heteroatoms. The van der Waals surface area contributed by atoms with Gasteiger partial charge in [-0.15, -0.1) is 0 Å². The highest BCUT2D eigenvalue weighted by molar-refractivity contribution is 6.24. The van der Waals surface area contributed by atoms with Gasteiger partial charge in [0.25, 0.3) is 0 Å². The molecule has 62 heavy (non-hydrogen) atoms. The second kappa shape index (κ2) is 14.9. The Morgan fingerprint density at radius 2 is 0.452 bits per heavy atom. The first-order valence-corrected chi connectivity index (χ1v) is 21.5. The third-order valence-corrected chi connectivity index (χ3v) is 12.8. The van der Waals surface area contributed by atoms with Crippen molar-refractivity contribution in [3.63, 3.8) is 0 Å². The van der Waals surface area contributed by atoms with Gasteiger partial charge in [-0.25, -0.2) is 0 Å². The fourth-order valence-corrected chi connectivity index (χ4v) is 9.85. The molecule has 0 spiro atoms. The van der Waals surface area contributed by atoms with Crippen molar-refractivity contribution in [1.82, 2.24) is 0 Å². The van der Waals surface area contributed by atoms with Crippen molar-refractivity contribution >= 4 is 53.9 Å². The van der Waals surface area contributed by atoms with Crippen LogP contribution < -0.4 is 0 Å². The van der Waals surface area contributed by atoms with Crippen LogP contribution in [0.25, 0.3) is 121 Å². The van der Waals surface area contributed by atoms with Crippen molar-refractivity contribution in [2.45, 2.75) is 0 Å². The van der Waals surface area contributed by atoms with E-state index in [4.69, 9.17) is 0 Å². The van der Waals surface area contributed by atoms with Crippen LogP contribution in [0.15, 0.2) is 243 Å². The molecule has 0 N–H and O–H groups in total. The highest BCUT2D eigenvalue weighted by atomic mass is 14.2. The molecule has 0 aliphatic rings. The first-order chi connectivity index (χ1) is 30.7. The van der Waals surface area contributed by atoms with Crippen molar-refractivity contribution in [2.24, 2.45) is 0 Å². The topological polar surface area (TPSA) is 0 Å². The van der Waals surface area contributed by atoms with Crippen LogP contribution in [0.4, 0.5) is 0 Å². The molecule has 0 bridgehead atoms. The molecule has 0 nitrogen and oxygen atoms in total. The summed E-state index contributed by atoms with van der Waals surface area (Å²) in [6.07, 6.45) is 0. The van der Waals surface area contributed by atoms with E-state index in [9.17, 15) is 0 Å². The van der Waals surface area contributed by atoms with Gasteiger partial charge >= 0.3 is 0 Å². The standard InChI is InChI=1S/C62H40/c1-3-17-41(18-4-1)45-33-47(53-31-15-23-43-21-7-9-25-51(43)53)37-49(35-45)59-39-61-58-30-14-12-28-56(58)60(40-62(61)57-29-13-11-27-55(57)59)50-36-46(42-19-5-2-6-20-42)34-48(38-50)54-32-16-24-44-22-8-10-26-52(44)54/h1-40H. The summed E-state index contributed by atoms with van der Waals surface area (Å²) in [6, 6.07) is 89.6. The van der Waals surface area contributed by atoms with E-state index in [1.807, 2.05) is 0 Å². The van der Waals surface area contributed by atoms with Crippen molar-refractivity contribution in [1.29, 1.82) is 0 Å². The van der Waals surface area contributed by atoms with Gasteiger partial charge in [0.2, 0.25) is 0 Å². The zero-order valence-electron chi connectivity index (χ0n) is 34.1. The monoisotopic (exact) mass is 784 g/mol. The van der Waals surface area contributed by atoms with E-state index in [1.54, 1.807) is 0 Å². The van der Waals surface area contributed by atoms with Gasteiger partial charge in [0.15, 0.2) is 0 Å². The molecule has 0 fully saturated rings. The lowest BCUT2D eigenvalue weighted by atomic mass is 9.85. The molecule has 0 radical (unpaired) electrons. The Morgan fingerprint density at radius 1 is 0.145 bits per heavy atom. The van der Waals surface area contributed by atoms with Gasteiger partial charge in [-0.1, -0.05) is 194 Å². The predicted molar refractivity (Wildman–Crippen MR) is 267 cm³/mol. The lowest BCUT2D eigenvalue weighted by molar-refractivity contribution is 1.59. The van der Waals surface area contributed by atoms with E-state index in [1.165, 1.54) is 121 Å². The van der Waals surface area contributed by atoms with Crippen LogP contribution >= 0.6 is 0 Å². The van der Waals surface area contributed by atoms with Crippen molar-refractivity contribution < 1.29 is 0 Å². The van der Waals surface area contributed by atoms with Crippen molar-refractivity contribution in [3.05, 3.63) is 243 Å². The third kappa shape index (κ3) is 6.16. The van der Waals surface area contributed by atoms with Crippen molar-refractivity contribution in [3.8, 4) is 66.8 Å². The predicted octanol–water partition coefficient (Wildman–Crippen LogP) is 17.5. The van der Waals surface area contributed by atoms with E-state index in [0.717, 1.165) is 0 Å². The summed E-state index contributed by atoms with van der Waals surface area (Å²) < 4.78 is 0. The van der Waals surface area contributed by atoms with Crippen LogP contribution in [0.5, 0.6) is 0 Å². The normalized spacial score (nSPS) is 11.5. The molecule has 0 atom stereocenters. The maximum absolute atomic E-state index is 2.46. The number of hydrogen-bond acceptors (Lipinski definition) is 0. The zero-order chi connectivity index (χ0) is 41.0. The number of benzene rings is 12. The van der Waals surface area contributed by atoms with Crippen LogP contribution in [0, 0.1) is 0 Å². The Morgan fingerprint density at radius 3 is 0.871 bits per heavy atom. The van der Waals surface area contributed by atoms with Crippen LogP contribution in [0.2, 0.25) is 0 Å².